The van der Waals surface area contributed by atoms with Gasteiger partial charge in [0.2, 0.25) is 0 Å². The molecule has 1 heterocycles. The first-order valence-electron chi connectivity index (χ1n) is 4.86. The molecule has 0 spiro atoms. The van der Waals surface area contributed by atoms with E-state index in [4.69, 9.17) is 4.74 Å². The van der Waals surface area contributed by atoms with Gasteiger partial charge in [-0.15, -0.1) is 0 Å². The van der Waals surface area contributed by atoms with Gasteiger partial charge in [0.25, 0.3) is 0 Å². The van der Waals surface area contributed by atoms with Gasteiger partial charge >= 0.3 is 0 Å². The van der Waals surface area contributed by atoms with E-state index in [1.165, 1.54) is 19.3 Å². The molecule has 1 aliphatic heterocycles. The lowest BCUT2D eigenvalue weighted by molar-refractivity contribution is -0.218. The highest BCUT2D eigenvalue weighted by Gasteiger charge is 2.55. The van der Waals surface area contributed by atoms with Gasteiger partial charge < -0.3 is 9.84 Å². The average Bonchev–Trinajstić information content (AvgIpc) is 2.00. The Balaban J connectivity index is 2.17. The summed E-state index contributed by atoms with van der Waals surface area (Å²) in [5, 5.41) is 9.26. The Kier molecular flexibility index (Phi) is 1.74. The van der Waals surface area contributed by atoms with Crippen molar-refractivity contribution in [3.05, 3.63) is 0 Å². The number of aliphatic hydroxyl groups is 1. The number of rotatable bonds is 1. The fourth-order valence-electron chi connectivity index (χ4n) is 2.90. The molecule has 1 N–H and O–H groups in total. The molecular weight excluding hydrogens is 152 g/mol. The third-order valence-electron chi connectivity index (χ3n) is 4.00. The molecule has 0 bridgehead atoms. The number of fused-ring (bicyclic) bond motifs is 1. The van der Waals surface area contributed by atoms with E-state index in [1.807, 2.05) is 6.92 Å². The molecule has 2 rings (SSSR count). The predicted octanol–water partition coefficient (Wildman–Crippen LogP) is 1.57. The Hall–Kier alpha value is -0.0800. The molecule has 2 heteroatoms. The molecule has 2 aliphatic rings. The Morgan fingerprint density at radius 3 is 2.58 bits per heavy atom. The van der Waals surface area contributed by atoms with Gasteiger partial charge in [-0.05, 0) is 37.5 Å². The minimum absolute atomic E-state index is 0.174. The van der Waals surface area contributed by atoms with Crippen LogP contribution in [-0.2, 0) is 4.74 Å². The topological polar surface area (TPSA) is 29.5 Å². The lowest BCUT2D eigenvalue weighted by atomic mass is 9.53. The zero-order valence-corrected chi connectivity index (χ0v) is 7.97. The molecule has 1 aliphatic carbocycles. The Labute approximate surface area is 73.9 Å². The molecule has 3 atom stereocenters. The summed E-state index contributed by atoms with van der Waals surface area (Å²) in [5.41, 5.74) is 0.223. The normalized spacial score (nSPS) is 52.8. The fraction of sp³-hybridized carbons (Fsp3) is 1.00. The third-order valence-corrected chi connectivity index (χ3v) is 4.00. The van der Waals surface area contributed by atoms with Crippen LogP contribution in [0.1, 0.15) is 33.1 Å². The molecule has 0 radical (unpaired) electrons. The van der Waals surface area contributed by atoms with Gasteiger partial charge in [0, 0.05) is 6.61 Å². The van der Waals surface area contributed by atoms with Gasteiger partial charge in [0.15, 0.2) is 0 Å². The van der Waals surface area contributed by atoms with E-state index >= 15 is 0 Å². The molecule has 0 aromatic carbocycles. The van der Waals surface area contributed by atoms with Crippen molar-refractivity contribution >= 4 is 0 Å². The lowest BCUT2D eigenvalue weighted by Crippen LogP contribution is -2.58. The molecular formula is C10H18O2. The van der Waals surface area contributed by atoms with Crippen LogP contribution >= 0.6 is 0 Å². The van der Waals surface area contributed by atoms with Crippen LogP contribution in [0.25, 0.3) is 0 Å². The molecule has 2 nitrogen and oxygen atoms in total. The second-order valence-corrected chi connectivity index (χ2v) is 4.81. The SMILES string of the molecule is C[C@@]12CCO[C@](C)(CO)[C@@H]1CC2. The van der Waals surface area contributed by atoms with Crippen molar-refractivity contribution in [2.45, 2.75) is 38.7 Å². The van der Waals surface area contributed by atoms with Crippen molar-refractivity contribution in [2.24, 2.45) is 11.3 Å². The highest BCUT2D eigenvalue weighted by atomic mass is 16.5. The molecule has 0 aromatic rings. The van der Waals surface area contributed by atoms with E-state index in [-0.39, 0.29) is 12.2 Å². The van der Waals surface area contributed by atoms with Crippen molar-refractivity contribution < 1.29 is 9.84 Å². The maximum Gasteiger partial charge on any atom is 0.0917 e. The highest BCUT2D eigenvalue weighted by molar-refractivity contribution is 5.04. The van der Waals surface area contributed by atoms with Crippen LogP contribution in [0.5, 0.6) is 0 Å². The van der Waals surface area contributed by atoms with E-state index in [1.54, 1.807) is 0 Å². The standard InChI is InChI=1S/C10H18O2/c1-9-4-3-8(9)10(2,7-11)12-6-5-9/h8,11H,3-7H2,1-2H3/t8-,9-,10-/m1/s1. The quantitative estimate of drug-likeness (QED) is 0.647. The summed E-state index contributed by atoms with van der Waals surface area (Å²) >= 11 is 0. The van der Waals surface area contributed by atoms with Gasteiger partial charge in [-0.2, -0.15) is 0 Å². The van der Waals surface area contributed by atoms with Gasteiger partial charge in [0.1, 0.15) is 0 Å². The molecule has 1 saturated heterocycles. The van der Waals surface area contributed by atoms with Crippen LogP contribution in [0.4, 0.5) is 0 Å². The second-order valence-electron chi connectivity index (χ2n) is 4.81. The van der Waals surface area contributed by atoms with E-state index in [9.17, 15) is 5.11 Å². The summed E-state index contributed by atoms with van der Waals surface area (Å²) in [6.45, 7) is 5.38. The van der Waals surface area contributed by atoms with Crippen LogP contribution in [0.2, 0.25) is 0 Å². The molecule has 0 unspecified atom stereocenters. The van der Waals surface area contributed by atoms with Crippen LogP contribution in [0, 0.1) is 11.3 Å². The molecule has 0 aromatic heterocycles. The van der Waals surface area contributed by atoms with Crippen LogP contribution < -0.4 is 0 Å². The minimum Gasteiger partial charge on any atom is -0.393 e. The van der Waals surface area contributed by atoms with Crippen LogP contribution in [-0.4, -0.2) is 23.9 Å². The molecule has 70 valence electrons. The molecule has 12 heavy (non-hydrogen) atoms. The zero-order valence-electron chi connectivity index (χ0n) is 7.97. The van der Waals surface area contributed by atoms with E-state index in [2.05, 4.69) is 6.92 Å². The fourth-order valence-corrected chi connectivity index (χ4v) is 2.90. The summed E-state index contributed by atoms with van der Waals surface area (Å²) < 4.78 is 5.66. The Morgan fingerprint density at radius 2 is 2.17 bits per heavy atom. The first-order chi connectivity index (χ1) is 5.61. The lowest BCUT2D eigenvalue weighted by Gasteiger charge is -2.58. The summed E-state index contributed by atoms with van der Waals surface area (Å²) in [5.74, 6) is 0.587. The maximum atomic E-state index is 9.26. The maximum absolute atomic E-state index is 9.26. The Morgan fingerprint density at radius 1 is 1.42 bits per heavy atom. The van der Waals surface area contributed by atoms with Gasteiger partial charge in [-0.1, -0.05) is 6.92 Å². The van der Waals surface area contributed by atoms with Gasteiger partial charge in [-0.3, -0.25) is 0 Å². The highest BCUT2D eigenvalue weighted by Crippen LogP contribution is 2.57. The summed E-state index contributed by atoms with van der Waals surface area (Å²) in [6.07, 6.45) is 3.72. The van der Waals surface area contributed by atoms with Gasteiger partial charge in [-0.25, -0.2) is 0 Å². The first-order valence-corrected chi connectivity index (χ1v) is 4.86. The van der Waals surface area contributed by atoms with Gasteiger partial charge in [0.05, 0.1) is 12.2 Å². The van der Waals surface area contributed by atoms with Crippen molar-refractivity contribution in [3.8, 4) is 0 Å². The second kappa shape index (κ2) is 2.46. The Bertz CT molecular complexity index is 192. The average molecular weight is 170 g/mol. The predicted molar refractivity (Wildman–Crippen MR) is 46.9 cm³/mol. The summed E-state index contributed by atoms with van der Waals surface area (Å²) in [4.78, 5) is 0. The molecule has 0 amide bonds. The smallest absolute Gasteiger partial charge is 0.0917 e. The zero-order chi connectivity index (χ0) is 8.82. The van der Waals surface area contributed by atoms with Crippen molar-refractivity contribution in [1.29, 1.82) is 0 Å². The largest absolute Gasteiger partial charge is 0.393 e. The summed E-state index contributed by atoms with van der Waals surface area (Å²) in [7, 11) is 0. The first kappa shape index (κ1) is 8.52. The molecule has 2 fully saturated rings. The van der Waals surface area contributed by atoms with E-state index in [0.29, 0.717) is 11.3 Å². The van der Waals surface area contributed by atoms with E-state index in [0.717, 1.165) is 6.61 Å². The van der Waals surface area contributed by atoms with Crippen LogP contribution in [0.15, 0.2) is 0 Å². The van der Waals surface area contributed by atoms with Crippen molar-refractivity contribution in [1.82, 2.24) is 0 Å². The number of hydrogen-bond donors (Lipinski definition) is 1. The monoisotopic (exact) mass is 170 g/mol. The van der Waals surface area contributed by atoms with Crippen molar-refractivity contribution in [3.63, 3.8) is 0 Å². The van der Waals surface area contributed by atoms with E-state index < -0.39 is 0 Å². The van der Waals surface area contributed by atoms with Crippen LogP contribution in [0.3, 0.4) is 0 Å². The number of ether oxygens (including phenoxy) is 1. The minimum atomic E-state index is -0.245. The molecule has 1 saturated carbocycles. The summed E-state index contributed by atoms with van der Waals surface area (Å²) in [6, 6.07) is 0. The van der Waals surface area contributed by atoms with Crippen molar-refractivity contribution in [2.75, 3.05) is 13.2 Å². The number of hydrogen-bond acceptors (Lipinski definition) is 2. The number of aliphatic hydroxyl groups excluding tert-OH is 1. The third kappa shape index (κ3) is 0.944.